The van der Waals surface area contributed by atoms with Gasteiger partial charge in [-0.2, -0.15) is 0 Å². The Labute approximate surface area is 125 Å². The second-order valence-corrected chi connectivity index (χ2v) is 6.23. The van der Waals surface area contributed by atoms with Gasteiger partial charge in [0.05, 0.1) is 12.0 Å². The van der Waals surface area contributed by atoms with Crippen LogP contribution < -0.4 is 10.1 Å². The molecule has 1 aromatic carbocycles. The molecule has 0 spiro atoms. The molecule has 1 aromatic rings. The maximum Gasteiger partial charge on any atom is 0.251 e. The Kier molecular flexibility index (Phi) is 4.32. The number of carbonyl (C=O) groups excluding carboxylic acids is 2. The molecule has 114 valence electrons. The minimum Gasteiger partial charge on any atom is -0.487 e. The van der Waals surface area contributed by atoms with Gasteiger partial charge in [0.1, 0.15) is 11.4 Å². The molecule has 0 saturated carbocycles. The zero-order chi connectivity index (χ0) is 15.6. The lowest BCUT2D eigenvalue weighted by Gasteiger charge is -2.31. The van der Waals surface area contributed by atoms with E-state index < -0.39 is 5.60 Å². The standard InChI is InChI=1S/C16H22N2O3/c1-16(2)10-13(19)12-9-11(5-6-14(12)21-16)15(20)17-7-8-18(3)4/h5-6,9H,7-8,10H2,1-4H3,(H,17,20). The van der Waals surface area contributed by atoms with Crippen LogP contribution >= 0.6 is 0 Å². The minimum atomic E-state index is -0.487. The number of ketones is 1. The number of nitrogens with zero attached hydrogens (tertiary/aromatic N) is 1. The van der Waals surface area contributed by atoms with Crippen LogP contribution in [0.5, 0.6) is 5.75 Å². The molecule has 1 amide bonds. The normalized spacial score (nSPS) is 16.3. The van der Waals surface area contributed by atoms with Crippen molar-refractivity contribution in [1.82, 2.24) is 10.2 Å². The maximum absolute atomic E-state index is 12.2. The van der Waals surface area contributed by atoms with Crippen LogP contribution in [0.4, 0.5) is 0 Å². The molecular formula is C16H22N2O3. The van der Waals surface area contributed by atoms with Gasteiger partial charge in [-0.3, -0.25) is 9.59 Å². The first-order chi connectivity index (χ1) is 9.78. The highest BCUT2D eigenvalue weighted by atomic mass is 16.5. The lowest BCUT2D eigenvalue weighted by atomic mass is 9.92. The average Bonchev–Trinajstić information content (AvgIpc) is 2.36. The van der Waals surface area contributed by atoms with Crippen molar-refractivity contribution in [3.63, 3.8) is 0 Å². The minimum absolute atomic E-state index is 0.0178. The van der Waals surface area contributed by atoms with Gasteiger partial charge in [-0.25, -0.2) is 0 Å². The molecule has 1 aliphatic heterocycles. The van der Waals surface area contributed by atoms with E-state index in [-0.39, 0.29) is 11.7 Å². The van der Waals surface area contributed by atoms with Crippen molar-refractivity contribution in [3.8, 4) is 5.75 Å². The molecule has 0 unspecified atom stereocenters. The number of hydrogen-bond donors (Lipinski definition) is 1. The summed E-state index contributed by atoms with van der Waals surface area (Å²) in [5, 5.41) is 2.84. The molecule has 1 N–H and O–H groups in total. The van der Waals surface area contributed by atoms with Crippen LogP contribution in [0.15, 0.2) is 18.2 Å². The first-order valence-electron chi connectivity index (χ1n) is 7.08. The third kappa shape index (κ3) is 3.82. The van der Waals surface area contributed by atoms with Crippen LogP contribution in [-0.4, -0.2) is 49.4 Å². The van der Waals surface area contributed by atoms with E-state index in [4.69, 9.17) is 4.74 Å². The Balaban J connectivity index is 2.12. The number of carbonyl (C=O) groups is 2. The molecule has 1 aliphatic rings. The molecule has 0 bridgehead atoms. The van der Waals surface area contributed by atoms with Crippen molar-refractivity contribution in [1.29, 1.82) is 0 Å². The van der Waals surface area contributed by atoms with E-state index in [2.05, 4.69) is 5.32 Å². The van der Waals surface area contributed by atoms with E-state index in [0.717, 1.165) is 6.54 Å². The van der Waals surface area contributed by atoms with E-state index >= 15 is 0 Å². The summed E-state index contributed by atoms with van der Waals surface area (Å²) in [6, 6.07) is 5.02. The highest BCUT2D eigenvalue weighted by Crippen LogP contribution is 2.33. The summed E-state index contributed by atoms with van der Waals surface area (Å²) in [7, 11) is 3.89. The predicted molar refractivity (Wildman–Crippen MR) is 81.0 cm³/mol. The number of rotatable bonds is 4. The lowest BCUT2D eigenvalue weighted by Crippen LogP contribution is -2.36. The van der Waals surface area contributed by atoms with Gasteiger partial charge in [-0.15, -0.1) is 0 Å². The first kappa shape index (κ1) is 15.5. The first-order valence-corrected chi connectivity index (χ1v) is 7.08. The molecule has 0 aromatic heterocycles. The summed E-state index contributed by atoms with van der Waals surface area (Å²) < 4.78 is 5.78. The van der Waals surface area contributed by atoms with Crippen LogP contribution in [0.1, 0.15) is 41.0 Å². The summed E-state index contributed by atoms with van der Waals surface area (Å²) in [5.74, 6) is 0.405. The van der Waals surface area contributed by atoms with Crippen LogP contribution in [0.25, 0.3) is 0 Å². The molecule has 1 heterocycles. The zero-order valence-electron chi connectivity index (χ0n) is 13.0. The SMILES string of the molecule is CN(C)CCNC(=O)c1ccc2c(c1)C(=O)CC(C)(C)O2. The van der Waals surface area contributed by atoms with Crippen molar-refractivity contribution in [2.45, 2.75) is 25.9 Å². The molecule has 5 nitrogen and oxygen atoms in total. The second-order valence-electron chi connectivity index (χ2n) is 6.23. The highest BCUT2D eigenvalue weighted by molar-refractivity contribution is 6.03. The fourth-order valence-electron chi connectivity index (χ4n) is 2.29. The highest BCUT2D eigenvalue weighted by Gasteiger charge is 2.32. The Bertz CT molecular complexity index is 565. The molecule has 0 fully saturated rings. The maximum atomic E-state index is 12.2. The summed E-state index contributed by atoms with van der Waals surface area (Å²) in [4.78, 5) is 26.2. The Morgan fingerprint density at radius 3 is 2.76 bits per heavy atom. The Morgan fingerprint density at radius 1 is 1.38 bits per heavy atom. The number of fused-ring (bicyclic) bond motifs is 1. The second kappa shape index (κ2) is 5.85. The molecule has 0 atom stereocenters. The van der Waals surface area contributed by atoms with Crippen LogP contribution in [-0.2, 0) is 0 Å². The number of nitrogens with one attached hydrogen (secondary N) is 1. The third-order valence-corrected chi connectivity index (χ3v) is 3.36. The number of hydrogen-bond acceptors (Lipinski definition) is 4. The summed E-state index contributed by atoms with van der Waals surface area (Å²) in [6.45, 7) is 5.11. The monoisotopic (exact) mass is 290 g/mol. The van der Waals surface area contributed by atoms with Gasteiger partial charge in [-0.05, 0) is 46.1 Å². The van der Waals surface area contributed by atoms with Crippen molar-refractivity contribution in [2.24, 2.45) is 0 Å². The summed E-state index contributed by atoms with van der Waals surface area (Å²) >= 11 is 0. The fourth-order valence-corrected chi connectivity index (χ4v) is 2.29. The van der Waals surface area contributed by atoms with E-state index in [9.17, 15) is 9.59 Å². The van der Waals surface area contributed by atoms with Gasteiger partial charge in [0, 0.05) is 18.7 Å². The molecule has 0 aliphatic carbocycles. The predicted octanol–water partition coefficient (Wildman–Crippen LogP) is 1.72. The zero-order valence-corrected chi connectivity index (χ0v) is 13.0. The molecule has 21 heavy (non-hydrogen) atoms. The van der Waals surface area contributed by atoms with Gasteiger partial charge >= 0.3 is 0 Å². The molecule has 0 radical (unpaired) electrons. The van der Waals surface area contributed by atoms with Crippen molar-refractivity contribution in [2.75, 3.05) is 27.2 Å². The Morgan fingerprint density at radius 2 is 2.10 bits per heavy atom. The number of ether oxygens (including phenoxy) is 1. The topological polar surface area (TPSA) is 58.6 Å². The van der Waals surface area contributed by atoms with Gasteiger partial charge in [0.15, 0.2) is 5.78 Å². The van der Waals surface area contributed by atoms with Crippen LogP contribution in [0, 0.1) is 0 Å². The van der Waals surface area contributed by atoms with E-state index in [0.29, 0.717) is 29.8 Å². The van der Waals surface area contributed by atoms with Gasteiger partial charge < -0.3 is 15.0 Å². The lowest BCUT2D eigenvalue weighted by molar-refractivity contribution is 0.0620. The number of likely N-dealkylation sites (N-methyl/N-ethyl adjacent to an activating group) is 1. The van der Waals surface area contributed by atoms with E-state index in [1.54, 1.807) is 18.2 Å². The quantitative estimate of drug-likeness (QED) is 0.917. The molecule has 0 saturated heterocycles. The summed E-state index contributed by atoms with van der Waals surface area (Å²) in [5.41, 5.74) is 0.498. The number of benzene rings is 1. The van der Waals surface area contributed by atoms with Crippen molar-refractivity contribution >= 4 is 11.7 Å². The number of amides is 1. The Hall–Kier alpha value is -1.88. The van der Waals surface area contributed by atoms with Gasteiger partial charge in [0.25, 0.3) is 5.91 Å². The molecule has 2 rings (SSSR count). The third-order valence-electron chi connectivity index (χ3n) is 3.36. The smallest absolute Gasteiger partial charge is 0.251 e. The molecular weight excluding hydrogens is 268 g/mol. The molecule has 5 heteroatoms. The summed E-state index contributed by atoms with van der Waals surface area (Å²) in [6.07, 6.45) is 0.325. The van der Waals surface area contributed by atoms with Crippen LogP contribution in [0.2, 0.25) is 0 Å². The van der Waals surface area contributed by atoms with E-state index in [1.807, 2.05) is 32.8 Å². The van der Waals surface area contributed by atoms with Crippen LogP contribution in [0.3, 0.4) is 0 Å². The van der Waals surface area contributed by atoms with Crippen molar-refractivity contribution in [3.05, 3.63) is 29.3 Å². The number of Topliss-reactive ketones (excluding diaryl/α,β-unsaturated/α-hetero) is 1. The van der Waals surface area contributed by atoms with Gasteiger partial charge in [-0.1, -0.05) is 0 Å². The van der Waals surface area contributed by atoms with E-state index in [1.165, 1.54) is 0 Å². The fraction of sp³-hybridized carbons (Fsp3) is 0.500. The van der Waals surface area contributed by atoms with Crippen molar-refractivity contribution < 1.29 is 14.3 Å². The largest absolute Gasteiger partial charge is 0.487 e. The average molecular weight is 290 g/mol. The van der Waals surface area contributed by atoms with Gasteiger partial charge in [0.2, 0.25) is 0 Å².